The van der Waals surface area contributed by atoms with Crippen molar-refractivity contribution in [3.05, 3.63) is 34.8 Å². The summed E-state index contributed by atoms with van der Waals surface area (Å²) in [6.07, 6.45) is 6.40. The number of anilines is 1. The van der Waals surface area contributed by atoms with Gasteiger partial charge in [0.25, 0.3) is 0 Å². The molecule has 0 aliphatic heterocycles. The number of aliphatic hydroxyl groups is 1. The third-order valence-electron chi connectivity index (χ3n) is 3.23. The minimum atomic E-state index is 0.123. The molecular weight excluding hydrogens is 246 g/mol. The molecule has 1 atom stereocenters. The summed E-state index contributed by atoms with van der Waals surface area (Å²) in [7, 11) is 0. The molecule has 1 saturated carbocycles. The SMILES string of the molecule is OCCn1cc(NC(c2cccs2)C2CC2)cn1. The second-order valence-electron chi connectivity index (χ2n) is 4.69. The smallest absolute Gasteiger partial charge is 0.0731 e. The van der Waals surface area contributed by atoms with Crippen LogP contribution in [0, 0.1) is 5.92 Å². The fourth-order valence-corrected chi connectivity index (χ4v) is 3.03. The maximum Gasteiger partial charge on any atom is 0.0731 e. The minimum absolute atomic E-state index is 0.123. The van der Waals surface area contributed by atoms with Crippen LogP contribution >= 0.6 is 11.3 Å². The van der Waals surface area contributed by atoms with Crippen LogP contribution in [-0.4, -0.2) is 21.5 Å². The van der Waals surface area contributed by atoms with Crippen LogP contribution in [0.4, 0.5) is 5.69 Å². The van der Waals surface area contributed by atoms with Gasteiger partial charge >= 0.3 is 0 Å². The molecule has 5 heteroatoms. The Hall–Kier alpha value is -1.33. The molecule has 2 aromatic heterocycles. The van der Waals surface area contributed by atoms with Crippen LogP contribution < -0.4 is 5.32 Å². The Morgan fingerprint density at radius 3 is 3.11 bits per heavy atom. The number of aliphatic hydroxyl groups excluding tert-OH is 1. The quantitative estimate of drug-likeness (QED) is 0.842. The van der Waals surface area contributed by atoms with Crippen molar-refractivity contribution in [3.8, 4) is 0 Å². The van der Waals surface area contributed by atoms with Gasteiger partial charge in [0.15, 0.2) is 0 Å². The van der Waals surface area contributed by atoms with Gasteiger partial charge in [-0.2, -0.15) is 5.10 Å². The van der Waals surface area contributed by atoms with Gasteiger partial charge in [-0.15, -0.1) is 11.3 Å². The Balaban J connectivity index is 1.72. The highest BCUT2D eigenvalue weighted by molar-refractivity contribution is 7.10. The summed E-state index contributed by atoms with van der Waals surface area (Å²) >= 11 is 1.81. The maximum absolute atomic E-state index is 8.88. The number of thiophene rings is 1. The highest BCUT2D eigenvalue weighted by Crippen LogP contribution is 2.44. The van der Waals surface area contributed by atoms with Crippen molar-refractivity contribution in [1.82, 2.24) is 9.78 Å². The normalized spacial score (nSPS) is 16.7. The maximum atomic E-state index is 8.88. The Labute approximate surface area is 110 Å². The summed E-state index contributed by atoms with van der Waals surface area (Å²) in [6.45, 7) is 0.673. The molecule has 1 aliphatic rings. The van der Waals surface area contributed by atoms with E-state index in [1.807, 2.05) is 12.4 Å². The fraction of sp³-hybridized carbons (Fsp3) is 0.462. The largest absolute Gasteiger partial charge is 0.394 e. The van der Waals surface area contributed by atoms with Gasteiger partial charge in [0.1, 0.15) is 0 Å². The molecule has 2 heterocycles. The molecule has 1 unspecified atom stereocenters. The van der Waals surface area contributed by atoms with Crippen LogP contribution in [0.15, 0.2) is 29.9 Å². The molecule has 0 radical (unpaired) electrons. The number of hydrogen-bond acceptors (Lipinski definition) is 4. The summed E-state index contributed by atoms with van der Waals surface area (Å²) in [4.78, 5) is 1.40. The zero-order valence-corrected chi connectivity index (χ0v) is 10.9. The van der Waals surface area contributed by atoms with Gasteiger partial charge in [-0.05, 0) is 30.2 Å². The molecule has 2 aromatic rings. The van der Waals surface area contributed by atoms with Crippen LogP contribution in [-0.2, 0) is 6.54 Å². The predicted octanol–water partition coefficient (Wildman–Crippen LogP) is 2.50. The van der Waals surface area contributed by atoms with E-state index in [0.717, 1.165) is 11.6 Å². The van der Waals surface area contributed by atoms with Crippen molar-refractivity contribution in [3.63, 3.8) is 0 Å². The van der Waals surface area contributed by atoms with Crippen LogP contribution in [0.1, 0.15) is 23.8 Å². The van der Waals surface area contributed by atoms with Crippen LogP contribution in [0.3, 0.4) is 0 Å². The van der Waals surface area contributed by atoms with E-state index in [1.165, 1.54) is 17.7 Å². The number of nitrogens with zero attached hydrogens (tertiary/aromatic N) is 2. The van der Waals surface area contributed by atoms with Crippen molar-refractivity contribution in [2.45, 2.75) is 25.4 Å². The Morgan fingerprint density at radius 1 is 1.56 bits per heavy atom. The summed E-state index contributed by atoms with van der Waals surface area (Å²) in [5, 5.41) is 18.8. The fourth-order valence-electron chi connectivity index (χ4n) is 2.16. The Morgan fingerprint density at radius 2 is 2.44 bits per heavy atom. The van der Waals surface area contributed by atoms with E-state index >= 15 is 0 Å². The van der Waals surface area contributed by atoms with Gasteiger partial charge in [0.2, 0.25) is 0 Å². The van der Waals surface area contributed by atoms with Gasteiger partial charge in [-0.1, -0.05) is 6.07 Å². The van der Waals surface area contributed by atoms with E-state index in [2.05, 4.69) is 27.9 Å². The van der Waals surface area contributed by atoms with Crippen molar-refractivity contribution in [2.24, 2.45) is 5.92 Å². The molecule has 2 N–H and O–H groups in total. The van der Waals surface area contributed by atoms with Gasteiger partial charge in [0.05, 0.1) is 31.1 Å². The molecule has 0 amide bonds. The second kappa shape index (κ2) is 5.12. The van der Waals surface area contributed by atoms with Gasteiger partial charge < -0.3 is 10.4 Å². The zero-order chi connectivity index (χ0) is 12.4. The lowest BCUT2D eigenvalue weighted by Gasteiger charge is -2.16. The lowest BCUT2D eigenvalue weighted by Crippen LogP contribution is -2.11. The zero-order valence-electron chi connectivity index (χ0n) is 10.1. The van der Waals surface area contributed by atoms with Crippen molar-refractivity contribution < 1.29 is 5.11 Å². The van der Waals surface area contributed by atoms with E-state index in [-0.39, 0.29) is 6.61 Å². The van der Waals surface area contributed by atoms with Crippen molar-refractivity contribution >= 4 is 17.0 Å². The summed E-state index contributed by atoms with van der Waals surface area (Å²) in [5.41, 5.74) is 1.04. The lowest BCUT2D eigenvalue weighted by molar-refractivity contribution is 0.269. The first-order chi connectivity index (χ1) is 8.86. The van der Waals surface area contributed by atoms with E-state index in [9.17, 15) is 0 Å². The molecule has 18 heavy (non-hydrogen) atoms. The highest BCUT2D eigenvalue weighted by Gasteiger charge is 2.33. The highest BCUT2D eigenvalue weighted by atomic mass is 32.1. The summed E-state index contributed by atoms with van der Waals surface area (Å²) in [5.74, 6) is 0.754. The van der Waals surface area contributed by atoms with Gasteiger partial charge in [0, 0.05) is 11.1 Å². The third kappa shape index (κ3) is 2.57. The van der Waals surface area contributed by atoms with Gasteiger partial charge in [-0.25, -0.2) is 0 Å². The van der Waals surface area contributed by atoms with E-state index < -0.39 is 0 Å². The number of aromatic nitrogens is 2. The minimum Gasteiger partial charge on any atom is -0.394 e. The van der Waals surface area contributed by atoms with Gasteiger partial charge in [-0.3, -0.25) is 4.68 Å². The average molecular weight is 263 g/mol. The molecule has 0 bridgehead atoms. The molecule has 0 spiro atoms. The third-order valence-corrected chi connectivity index (χ3v) is 4.18. The van der Waals surface area contributed by atoms with Crippen LogP contribution in [0.5, 0.6) is 0 Å². The second-order valence-corrected chi connectivity index (χ2v) is 5.67. The van der Waals surface area contributed by atoms with Crippen LogP contribution in [0.25, 0.3) is 0 Å². The topological polar surface area (TPSA) is 50.1 Å². The van der Waals surface area contributed by atoms with E-state index in [1.54, 1.807) is 16.0 Å². The monoisotopic (exact) mass is 263 g/mol. The number of rotatable bonds is 6. The Bertz CT molecular complexity index is 490. The molecule has 0 aromatic carbocycles. The van der Waals surface area contributed by atoms with E-state index in [0.29, 0.717) is 12.6 Å². The first-order valence-electron chi connectivity index (χ1n) is 6.30. The first kappa shape index (κ1) is 11.7. The molecule has 0 saturated heterocycles. The standard InChI is InChI=1S/C13H17N3OS/c17-6-5-16-9-11(8-14-16)15-13(10-3-4-10)12-2-1-7-18-12/h1-2,7-10,13,15,17H,3-6H2. The molecule has 1 fully saturated rings. The molecule has 4 nitrogen and oxygen atoms in total. The summed E-state index contributed by atoms with van der Waals surface area (Å²) in [6, 6.07) is 4.71. The molecular formula is C13H17N3OS. The number of hydrogen-bond donors (Lipinski definition) is 2. The predicted molar refractivity (Wildman–Crippen MR) is 72.7 cm³/mol. The Kier molecular flexibility index (Phi) is 3.34. The van der Waals surface area contributed by atoms with Crippen LogP contribution in [0.2, 0.25) is 0 Å². The number of nitrogens with one attached hydrogen (secondary N) is 1. The van der Waals surface area contributed by atoms with E-state index in [4.69, 9.17) is 5.11 Å². The molecule has 1 aliphatic carbocycles. The average Bonchev–Trinajstić information content (AvgIpc) is 2.89. The van der Waals surface area contributed by atoms with Crippen molar-refractivity contribution in [2.75, 3.05) is 11.9 Å². The van der Waals surface area contributed by atoms with Crippen molar-refractivity contribution in [1.29, 1.82) is 0 Å². The lowest BCUT2D eigenvalue weighted by atomic mass is 10.1. The molecule has 3 rings (SSSR count). The summed E-state index contributed by atoms with van der Waals surface area (Å²) < 4.78 is 1.76. The first-order valence-corrected chi connectivity index (χ1v) is 7.18. The molecule has 96 valence electrons.